The number of allylic oxidation sites excluding steroid dienone is 2. The maximum absolute atomic E-state index is 13.2. The van der Waals surface area contributed by atoms with E-state index in [2.05, 4.69) is 55.5 Å². The zero-order valence-electron chi connectivity index (χ0n) is 15.3. The van der Waals surface area contributed by atoms with Crippen LogP contribution in [0.3, 0.4) is 0 Å². The van der Waals surface area contributed by atoms with Crippen LogP contribution in [-0.4, -0.2) is 23.4 Å². The number of hydrogen-bond donors (Lipinski definition) is 0. The summed E-state index contributed by atoms with van der Waals surface area (Å²) in [4.78, 5) is 13.2. The maximum atomic E-state index is 13.2. The molecule has 1 unspecified atom stereocenters. The van der Waals surface area contributed by atoms with E-state index < -0.39 is 5.41 Å². The molecule has 0 aromatic rings. The molecular weight excluding hydrogens is 399 g/mol. The van der Waals surface area contributed by atoms with Gasteiger partial charge in [0.15, 0.2) is 5.78 Å². The molecule has 1 rings (SSSR count). The molecule has 0 fully saturated rings. The Hall–Kier alpha value is -0.160. The number of hydrogen-bond acceptors (Lipinski definition) is 2. The highest BCUT2D eigenvalue weighted by Gasteiger charge is 2.44. The quantitative estimate of drug-likeness (QED) is 0.172. The van der Waals surface area contributed by atoms with Crippen LogP contribution < -0.4 is 0 Å². The van der Waals surface area contributed by atoms with E-state index in [-0.39, 0.29) is 3.92 Å². The predicted molar refractivity (Wildman–Crippen MR) is 107 cm³/mol. The van der Waals surface area contributed by atoms with Gasteiger partial charge in [0.25, 0.3) is 0 Å². The van der Waals surface area contributed by atoms with Crippen LogP contribution in [0.1, 0.15) is 72.1 Å². The molecule has 2 nitrogen and oxygen atoms in total. The minimum atomic E-state index is -0.527. The molecule has 1 atom stereocenters. The van der Waals surface area contributed by atoms with Gasteiger partial charge in [-0.05, 0) is 26.7 Å². The lowest BCUT2D eigenvalue weighted by Gasteiger charge is -2.37. The Bertz CT molecular complexity index is 419. The Balaban J connectivity index is 2.65. The van der Waals surface area contributed by atoms with Crippen molar-refractivity contribution in [2.24, 2.45) is 5.41 Å². The molecule has 0 bridgehead atoms. The number of unbranched alkanes of at least 4 members (excludes halogenated alkanes) is 5. The van der Waals surface area contributed by atoms with Gasteiger partial charge >= 0.3 is 0 Å². The van der Waals surface area contributed by atoms with Crippen LogP contribution in [0.4, 0.5) is 0 Å². The van der Waals surface area contributed by atoms with Gasteiger partial charge in [-0.25, -0.2) is 0 Å². The van der Waals surface area contributed by atoms with Gasteiger partial charge in [-0.3, -0.25) is 4.79 Å². The van der Waals surface area contributed by atoms with Crippen molar-refractivity contribution in [2.75, 3.05) is 13.7 Å². The number of rotatable bonds is 11. The fourth-order valence-electron chi connectivity index (χ4n) is 3.48. The van der Waals surface area contributed by atoms with Gasteiger partial charge < -0.3 is 4.74 Å². The number of carbonyl (C=O) groups is 1. The van der Waals surface area contributed by atoms with E-state index in [1.165, 1.54) is 32.1 Å². The van der Waals surface area contributed by atoms with Gasteiger partial charge in [0, 0.05) is 7.11 Å². The van der Waals surface area contributed by atoms with Gasteiger partial charge in [0.05, 0.1) is 15.9 Å². The van der Waals surface area contributed by atoms with Crippen molar-refractivity contribution in [1.29, 1.82) is 0 Å². The molecule has 0 heterocycles. The third kappa shape index (κ3) is 5.42. The Morgan fingerprint density at radius 1 is 1.17 bits per heavy atom. The lowest BCUT2D eigenvalue weighted by Crippen LogP contribution is -2.43. The minimum Gasteiger partial charge on any atom is -0.383 e. The molecule has 0 aromatic heterocycles. The number of ketones is 1. The summed E-state index contributed by atoms with van der Waals surface area (Å²) in [7, 11) is 1.69. The van der Waals surface area contributed by atoms with Crippen molar-refractivity contribution in [1.82, 2.24) is 0 Å². The molecule has 23 heavy (non-hydrogen) atoms. The van der Waals surface area contributed by atoms with Gasteiger partial charge in [0.1, 0.15) is 0 Å². The Morgan fingerprint density at radius 3 is 2.30 bits per heavy atom. The van der Waals surface area contributed by atoms with E-state index in [0.717, 1.165) is 30.4 Å². The number of ether oxygens (including phenoxy) is 1. The van der Waals surface area contributed by atoms with E-state index in [4.69, 9.17) is 4.74 Å². The molecule has 0 aromatic carbocycles. The molecule has 0 spiro atoms. The Labute approximate surface area is 156 Å². The van der Waals surface area contributed by atoms with Crippen molar-refractivity contribution >= 4 is 28.4 Å². The fraction of sp³-hybridized carbons (Fsp3) is 0.750. The monoisotopic (exact) mass is 432 g/mol. The zero-order valence-corrected chi connectivity index (χ0v) is 17.4. The third-order valence-corrected chi connectivity index (χ3v) is 6.26. The molecule has 0 N–H and O–H groups in total. The highest BCUT2D eigenvalue weighted by Crippen LogP contribution is 2.42. The summed E-state index contributed by atoms with van der Waals surface area (Å²) in [5, 5.41) is 0. The smallest absolute Gasteiger partial charge is 0.162 e. The number of Topliss-reactive ketones (excluding diaryl/α,β-unsaturated/α-hetero) is 1. The molecule has 1 aliphatic carbocycles. The van der Waals surface area contributed by atoms with E-state index in [1.54, 1.807) is 7.11 Å². The lowest BCUT2D eigenvalue weighted by atomic mass is 9.68. The van der Waals surface area contributed by atoms with Crippen molar-refractivity contribution in [3.05, 3.63) is 23.3 Å². The van der Waals surface area contributed by atoms with Crippen LogP contribution in [0.15, 0.2) is 23.3 Å². The molecular formula is C20H33IO2. The first kappa shape index (κ1) is 20.9. The van der Waals surface area contributed by atoms with E-state index in [1.807, 2.05) is 0 Å². The van der Waals surface area contributed by atoms with Gasteiger partial charge in [0.2, 0.25) is 0 Å². The fourth-order valence-corrected chi connectivity index (χ4v) is 4.45. The first-order valence-electron chi connectivity index (χ1n) is 9.02. The van der Waals surface area contributed by atoms with Crippen molar-refractivity contribution in [2.45, 2.75) is 76.1 Å². The first-order chi connectivity index (χ1) is 11.0. The second-order valence-electron chi connectivity index (χ2n) is 6.74. The largest absolute Gasteiger partial charge is 0.383 e. The van der Waals surface area contributed by atoms with Crippen LogP contribution in [-0.2, 0) is 9.53 Å². The van der Waals surface area contributed by atoms with Crippen LogP contribution in [0.25, 0.3) is 0 Å². The van der Waals surface area contributed by atoms with Crippen molar-refractivity contribution in [3.63, 3.8) is 0 Å². The van der Waals surface area contributed by atoms with Gasteiger partial charge in [-0.1, -0.05) is 91.3 Å². The maximum Gasteiger partial charge on any atom is 0.162 e. The van der Waals surface area contributed by atoms with Crippen LogP contribution in [0, 0.1) is 5.41 Å². The summed E-state index contributed by atoms with van der Waals surface area (Å²) in [5.41, 5.74) is 1.80. The molecule has 0 aliphatic heterocycles. The molecule has 0 saturated heterocycles. The summed E-state index contributed by atoms with van der Waals surface area (Å²) in [6.45, 7) is 6.88. The SMILES string of the molecule is CCCCCCCCC(I)C(=O)C1(COC)C(C)=CCC=C1C. The standard InChI is InChI=1S/C20H33IO2/c1-5-6-7-8-9-10-14-18(21)19(22)20(15-23-4)16(2)12-11-13-17(20)3/h12-13,18H,5-11,14-15H2,1-4H3. The third-order valence-electron chi connectivity index (χ3n) is 5.07. The second kappa shape index (κ2) is 10.7. The van der Waals surface area contributed by atoms with Crippen molar-refractivity contribution in [3.8, 4) is 0 Å². The number of halogens is 1. The topological polar surface area (TPSA) is 26.3 Å². The lowest BCUT2D eigenvalue weighted by molar-refractivity contribution is -0.126. The Morgan fingerprint density at radius 2 is 1.74 bits per heavy atom. The van der Waals surface area contributed by atoms with Gasteiger partial charge in [-0.2, -0.15) is 0 Å². The van der Waals surface area contributed by atoms with Crippen molar-refractivity contribution < 1.29 is 9.53 Å². The number of carbonyl (C=O) groups excluding carboxylic acids is 1. The predicted octanol–water partition coefficient (Wildman–Crippen LogP) is 6.04. The number of methoxy groups -OCH3 is 1. The summed E-state index contributed by atoms with van der Waals surface area (Å²) in [6.07, 6.45) is 13.9. The zero-order chi connectivity index (χ0) is 17.3. The molecule has 3 heteroatoms. The van der Waals surface area contributed by atoms with Gasteiger partial charge in [-0.15, -0.1) is 0 Å². The molecule has 0 amide bonds. The summed E-state index contributed by atoms with van der Waals surface area (Å²) >= 11 is 2.35. The highest BCUT2D eigenvalue weighted by atomic mass is 127. The summed E-state index contributed by atoms with van der Waals surface area (Å²) < 4.78 is 5.53. The Kier molecular flexibility index (Phi) is 9.67. The molecule has 132 valence electrons. The van der Waals surface area contributed by atoms with E-state index >= 15 is 0 Å². The molecule has 1 aliphatic rings. The highest BCUT2D eigenvalue weighted by molar-refractivity contribution is 14.1. The minimum absolute atomic E-state index is 0.0683. The first-order valence-corrected chi connectivity index (χ1v) is 10.3. The average molecular weight is 432 g/mol. The molecule has 0 saturated carbocycles. The van der Waals surface area contributed by atoms with E-state index in [0.29, 0.717) is 12.4 Å². The van der Waals surface area contributed by atoms with E-state index in [9.17, 15) is 4.79 Å². The average Bonchev–Trinajstić information content (AvgIpc) is 2.53. The summed E-state index contributed by atoms with van der Waals surface area (Å²) in [6, 6.07) is 0. The molecule has 0 radical (unpaired) electrons. The normalized spacial score (nSPS) is 18.3. The second-order valence-corrected chi connectivity index (χ2v) is 8.24. The van der Waals surface area contributed by atoms with Crippen LogP contribution >= 0.6 is 22.6 Å². The van der Waals surface area contributed by atoms with Crippen LogP contribution in [0.5, 0.6) is 0 Å². The summed E-state index contributed by atoms with van der Waals surface area (Å²) in [5.74, 6) is 0.329. The number of alkyl halides is 1. The van der Waals surface area contributed by atoms with Crippen LogP contribution in [0.2, 0.25) is 0 Å².